The summed E-state index contributed by atoms with van der Waals surface area (Å²) in [4.78, 5) is 0. The minimum absolute atomic E-state index is 0.119. The van der Waals surface area contributed by atoms with E-state index in [1.54, 1.807) is 0 Å². The van der Waals surface area contributed by atoms with Crippen LogP contribution in [0, 0.1) is 0 Å². The van der Waals surface area contributed by atoms with Crippen LogP contribution in [-0.4, -0.2) is 0 Å². The molecule has 6 heteroatoms. The number of hydrogen-bond donors (Lipinski definition) is 0. The molecule has 0 heterocycles. The first kappa shape index (κ1) is 25.9. The van der Waals surface area contributed by atoms with Crippen LogP contribution >= 0.6 is 34.3 Å². The Bertz CT molecular complexity index is 516. The van der Waals surface area contributed by atoms with Crippen molar-refractivity contribution in [1.29, 1.82) is 0 Å². The van der Waals surface area contributed by atoms with Gasteiger partial charge in [0, 0.05) is 0 Å². The molecule has 0 amide bonds. The summed E-state index contributed by atoms with van der Waals surface area (Å²) in [6, 6.07) is 0. The number of hydrogen-bond acceptors (Lipinski definition) is 0. The summed E-state index contributed by atoms with van der Waals surface area (Å²) < 4.78 is 0.238. The predicted octanol–water partition coefficient (Wildman–Crippen LogP) is 9.55. The molecule has 2 aliphatic carbocycles. The van der Waals surface area contributed by atoms with Crippen LogP contribution in [0.15, 0.2) is 47.6 Å². The molecule has 2 unspecified atom stereocenters. The molecule has 2 aliphatic rings. The van der Waals surface area contributed by atoms with E-state index in [4.69, 9.17) is 34.3 Å². The van der Waals surface area contributed by atoms with Crippen molar-refractivity contribution in [2.24, 2.45) is 0 Å². The van der Waals surface area contributed by atoms with Gasteiger partial charge in [-0.15, -0.1) is 0 Å². The Labute approximate surface area is 190 Å². The molecule has 2 atom stereocenters. The third-order valence-electron chi connectivity index (χ3n) is 4.85. The Kier molecular flexibility index (Phi) is 12.5. The van der Waals surface area contributed by atoms with Crippen molar-refractivity contribution in [2.75, 3.05) is 0 Å². The first-order valence-electron chi connectivity index (χ1n) is 9.35. The molecule has 0 N–H and O–H groups in total. The van der Waals surface area contributed by atoms with Crippen LogP contribution in [0.5, 0.6) is 0 Å². The van der Waals surface area contributed by atoms with Gasteiger partial charge in [-0.05, 0) is 0 Å². The average molecular weight is 769 g/mol. The van der Waals surface area contributed by atoms with Crippen LogP contribution in [0.2, 0.25) is 6.34 Å². The van der Waals surface area contributed by atoms with E-state index in [-0.39, 0.29) is 6.34 Å². The maximum atomic E-state index is 6.22. The summed E-state index contributed by atoms with van der Waals surface area (Å²) in [5.41, 5.74) is 2.64. The first-order chi connectivity index (χ1) is 12.2. The molecule has 0 spiro atoms. The summed E-state index contributed by atoms with van der Waals surface area (Å²) in [6.45, 7) is 8.64. The van der Waals surface area contributed by atoms with Crippen LogP contribution in [-0.2, 0) is 38.1 Å². The van der Waals surface area contributed by atoms with E-state index in [9.17, 15) is 0 Å². The summed E-state index contributed by atoms with van der Waals surface area (Å²) in [5.74, 6) is 0. The van der Waals surface area contributed by atoms with E-state index in [0.29, 0.717) is 0 Å². The first-order valence-corrected chi connectivity index (χ1v) is 30.8. The van der Waals surface area contributed by atoms with Crippen molar-refractivity contribution in [3.8, 4) is 0 Å². The summed E-state index contributed by atoms with van der Waals surface area (Å²) in [7, 11) is 24.9. The third kappa shape index (κ3) is 7.60. The summed E-state index contributed by atoms with van der Waals surface area (Å²) >= 11 is -4.70. The molecule has 0 aromatic heterocycles. The third-order valence-corrected chi connectivity index (χ3v) is 25.5. The van der Waals surface area contributed by atoms with Gasteiger partial charge in [-0.1, -0.05) is 0 Å². The van der Waals surface area contributed by atoms with E-state index >= 15 is 0 Å². The molecule has 0 aliphatic heterocycles. The van der Waals surface area contributed by atoms with Crippen LogP contribution < -0.4 is 0 Å². The molecule has 0 aromatic rings. The molecular formula is C20H30Cl4Hf2. The second kappa shape index (κ2) is 12.5. The Balaban J connectivity index is 0.000000260. The van der Waals surface area contributed by atoms with Gasteiger partial charge in [0.15, 0.2) is 0 Å². The zero-order chi connectivity index (χ0) is 19.8. The van der Waals surface area contributed by atoms with Gasteiger partial charge >= 0.3 is 193 Å². The van der Waals surface area contributed by atoms with Crippen molar-refractivity contribution in [2.45, 2.75) is 72.6 Å². The fraction of sp³-hybridized carbons (Fsp3) is 0.600. The maximum absolute atomic E-state index is 6.22. The molecule has 0 radical (unpaired) electrons. The Morgan fingerprint density at radius 2 is 1.08 bits per heavy atom. The van der Waals surface area contributed by atoms with Crippen molar-refractivity contribution in [3.05, 3.63) is 47.6 Å². The van der Waals surface area contributed by atoms with Gasteiger partial charge < -0.3 is 0 Å². The van der Waals surface area contributed by atoms with Crippen LogP contribution in [0.3, 0.4) is 0 Å². The van der Waals surface area contributed by atoms with Crippen molar-refractivity contribution in [1.82, 2.24) is 0 Å². The normalized spacial score (nSPS) is 26.3. The standard InChI is InChI=1S/2C10H15.4ClH.2Hf/c2*1-3-4-5-10-7-6-9(2)8-10;;;;;;/h2*6-8H,3-5H2,1-2H3;4*1H;;/q;;;;;;2*+2/p-4. The molecule has 2 rings (SSSR count). The van der Waals surface area contributed by atoms with Gasteiger partial charge in [0.05, 0.1) is 0 Å². The van der Waals surface area contributed by atoms with Crippen LogP contribution in [0.4, 0.5) is 0 Å². The number of rotatable bonds is 8. The van der Waals surface area contributed by atoms with Gasteiger partial charge in [-0.25, -0.2) is 0 Å². The van der Waals surface area contributed by atoms with Crippen LogP contribution in [0.1, 0.15) is 66.2 Å². The fourth-order valence-electron chi connectivity index (χ4n) is 3.24. The Morgan fingerprint density at radius 1 is 0.731 bits per heavy atom. The van der Waals surface area contributed by atoms with E-state index in [2.05, 4.69) is 64.2 Å². The molecule has 0 fully saturated rings. The number of halogens is 4. The zero-order valence-corrected chi connectivity index (χ0v) is 26.4. The van der Waals surface area contributed by atoms with Gasteiger partial charge in [-0.2, -0.15) is 0 Å². The summed E-state index contributed by atoms with van der Waals surface area (Å²) in [6.07, 6.45) is 20.5. The predicted molar refractivity (Wildman–Crippen MR) is 114 cm³/mol. The molecule has 0 nitrogen and oxygen atoms in total. The molecule has 0 aromatic carbocycles. The number of allylic oxidation sites excluding steroid dienone is 8. The van der Waals surface area contributed by atoms with Gasteiger partial charge in [-0.3, -0.25) is 0 Å². The van der Waals surface area contributed by atoms with Gasteiger partial charge in [0.25, 0.3) is 0 Å². The molecule has 26 heavy (non-hydrogen) atoms. The van der Waals surface area contributed by atoms with Crippen molar-refractivity contribution < 1.29 is 38.1 Å². The average Bonchev–Trinajstić information content (AvgIpc) is 3.16. The van der Waals surface area contributed by atoms with E-state index in [1.807, 2.05) is 0 Å². The van der Waals surface area contributed by atoms with E-state index in [0.717, 1.165) is 12.8 Å². The second-order valence-corrected chi connectivity index (χ2v) is 33.2. The van der Waals surface area contributed by atoms with Crippen molar-refractivity contribution >= 4 is 34.3 Å². The molecular weight excluding hydrogens is 739 g/mol. The van der Waals surface area contributed by atoms with Crippen LogP contribution in [0.25, 0.3) is 0 Å². The second-order valence-electron chi connectivity index (χ2n) is 7.25. The Hall–Kier alpha value is 1.86. The quantitative estimate of drug-likeness (QED) is 0.216. The topological polar surface area (TPSA) is 0 Å². The van der Waals surface area contributed by atoms with E-state index in [1.165, 1.54) is 36.8 Å². The van der Waals surface area contributed by atoms with Crippen molar-refractivity contribution in [3.63, 3.8) is 0 Å². The molecule has 0 bridgehead atoms. The van der Waals surface area contributed by atoms with Gasteiger partial charge in [0.1, 0.15) is 0 Å². The van der Waals surface area contributed by atoms with E-state index < -0.39 is 38.1 Å². The SMILES string of the molecule is CCCC[C]1([Hf]([Cl])[Cl])C=CC(C)=C1.CCCC[C]1([Hf]([Cl])[Cl])C=CC(C)=C1. The zero-order valence-electron chi connectivity index (χ0n) is 16.2. The molecule has 146 valence electrons. The molecule has 0 saturated heterocycles. The summed E-state index contributed by atoms with van der Waals surface area (Å²) in [5, 5.41) is 0. The molecule has 0 saturated carbocycles. The minimum atomic E-state index is -2.35. The van der Waals surface area contributed by atoms with Gasteiger partial charge in [0.2, 0.25) is 0 Å². The number of unbranched alkanes of at least 4 members (excludes halogenated alkanes) is 2. The fourth-order valence-corrected chi connectivity index (χ4v) is 16.7. The monoisotopic (exact) mass is 770 g/mol. The Morgan fingerprint density at radius 3 is 1.27 bits per heavy atom.